The molecule has 10 nitrogen and oxygen atoms in total. The molecule has 0 fully saturated rings. The number of aromatic hydroxyl groups is 1. The number of rotatable bonds is 8. The number of H-pyrrole nitrogens is 1. The van der Waals surface area contributed by atoms with Gasteiger partial charge in [-0.25, -0.2) is 4.79 Å². The zero-order chi connectivity index (χ0) is 22.7. The number of anilines is 1. The Hall–Kier alpha value is -3.89. The SMILES string of the molecule is Nc1c(OC(=O)[C@@H](N)Cc2c(O)[nH]c3ccccc23)cccc1C(=O)C[C@H](N)C(=O)O. The monoisotopic (exact) mass is 426 g/mol. The summed E-state index contributed by atoms with van der Waals surface area (Å²) in [6.45, 7) is 0. The summed E-state index contributed by atoms with van der Waals surface area (Å²) in [4.78, 5) is 38.5. The molecule has 2 aromatic carbocycles. The van der Waals surface area contributed by atoms with Gasteiger partial charge in [-0.05, 0) is 18.2 Å². The van der Waals surface area contributed by atoms with Crippen LogP contribution in [-0.4, -0.2) is 45.0 Å². The van der Waals surface area contributed by atoms with Crippen LogP contribution < -0.4 is 21.9 Å². The Morgan fingerprint density at radius 1 is 1.03 bits per heavy atom. The molecule has 0 unspecified atom stereocenters. The highest BCUT2D eigenvalue weighted by molar-refractivity contribution is 6.04. The van der Waals surface area contributed by atoms with Crippen molar-refractivity contribution >= 4 is 34.3 Å². The summed E-state index contributed by atoms with van der Waals surface area (Å²) in [7, 11) is 0. The molecule has 0 aliphatic heterocycles. The number of para-hydroxylation sites is 2. The Labute approximate surface area is 176 Å². The first-order chi connectivity index (χ1) is 14.7. The molecule has 0 aliphatic rings. The van der Waals surface area contributed by atoms with Gasteiger partial charge < -0.3 is 37.1 Å². The topological polar surface area (TPSA) is 195 Å². The van der Waals surface area contributed by atoms with Crippen LogP contribution in [0.3, 0.4) is 0 Å². The summed E-state index contributed by atoms with van der Waals surface area (Å²) < 4.78 is 5.27. The van der Waals surface area contributed by atoms with Crippen molar-refractivity contribution in [2.24, 2.45) is 11.5 Å². The highest BCUT2D eigenvalue weighted by atomic mass is 16.5. The van der Waals surface area contributed by atoms with E-state index in [1.807, 2.05) is 0 Å². The molecule has 31 heavy (non-hydrogen) atoms. The lowest BCUT2D eigenvalue weighted by molar-refractivity contribution is -0.138. The summed E-state index contributed by atoms with van der Waals surface area (Å²) in [5.41, 5.74) is 18.4. The number of aromatic nitrogens is 1. The Balaban J connectivity index is 1.74. The molecule has 3 aromatic rings. The molecule has 0 saturated carbocycles. The van der Waals surface area contributed by atoms with Gasteiger partial charge in [-0.1, -0.05) is 24.3 Å². The summed E-state index contributed by atoms with van der Waals surface area (Å²) >= 11 is 0. The van der Waals surface area contributed by atoms with E-state index in [4.69, 9.17) is 27.0 Å². The molecule has 1 heterocycles. The number of Topliss-reactive ketones (excluding diaryl/α,β-unsaturated/α-hetero) is 1. The van der Waals surface area contributed by atoms with Crippen molar-refractivity contribution < 1.29 is 29.3 Å². The third-order valence-electron chi connectivity index (χ3n) is 4.82. The van der Waals surface area contributed by atoms with Gasteiger partial charge >= 0.3 is 11.9 Å². The van der Waals surface area contributed by atoms with Crippen molar-refractivity contribution in [1.29, 1.82) is 0 Å². The van der Waals surface area contributed by atoms with Crippen LogP contribution in [-0.2, 0) is 16.0 Å². The highest BCUT2D eigenvalue weighted by Gasteiger charge is 2.24. The van der Waals surface area contributed by atoms with Crippen LogP contribution in [0.1, 0.15) is 22.3 Å². The molecule has 9 N–H and O–H groups in total. The number of carboxylic acids is 1. The number of esters is 1. The predicted molar refractivity (Wildman–Crippen MR) is 113 cm³/mol. The van der Waals surface area contributed by atoms with Crippen molar-refractivity contribution in [3.63, 3.8) is 0 Å². The summed E-state index contributed by atoms with van der Waals surface area (Å²) in [5.74, 6) is -2.91. The first-order valence-corrected chi connectivity index (χ1v) is 9.35. The number of carbonyl (C=O) groups is 3. The Bertz CT molecular complexity index is 1160. The zero-order valence-electron chi connectivity index (χ0n) is 16.4. The molecule has 1 aromatic heterocycles. The molecule has 2 atom stereocenters. The van der Waals surface area contributed by atoms with E-state index in [-0.39, 0.29) is 29.3 Å². The number of nitrogens with two attached hydrogens (primary N) is 3. The van der Waals surface area contributed by atoms with Gasteiger partial charge in [0.25, 0.3) is 0 Å². The number of ether oxygens (including phenoxy) is 1. The number of benzene rings is 2. The summed E-state index contributed by atoms with van der Waals surface area (Å²) in [6, 6.07) is 8.87. The van der Waals surface area contributed by atoms with Gasteiger partial charge in [-0.15, -0.1) is 0 Å². The maximum absolute atomic E-state index is 12.5. The number of hydrogen-bond donors (Lipinski definition) is 6. The molecule has 0 spiro atoms. The van der Waals surface area contributed by atoms with E-state index in [2.05, 4.69) is 4.98 Å². The van der Waals surface area contributed by atoms with Crippen molar-refractivity contribution in [3.05, 3.63) is 53.6 Å². The number of hydrogen-bond acceptors (Lipinski definition) is 8. The van der Waals surface area contributed by atoms with Crippen molar-refractivity contribution in [2.75, 3.05) is 5.73 Å². The third-order valence-corrected chi connectivity index (χ3v) is 4.82. The number of aromatic amines is 1. The lowest BCUT2D eigenvalue weighted by atomic mass is 10.0. The predicted octanol–water partition coefficient (Wildman–Crippen LogP) is 0.916. The largest absolute Gasteiger partial charge is 0.494 e. The maximum atomic E-state index is 12.5. The molecule has 0 radical (unpaired) electrons. The molecule has 0 aliphatic carbocycles. The van der Waals surface area contributed by atoms with Crippen LogP contribution in [0, 0.1) is 0 Å². The quantitative estimate of drug-likeness (QED) is 0.131. The minimum atomic E-state index is -1.38. The van der Waals surface area contributed by atoms with Gasteiger partial charge in [-0.2, -0.15) is 0 Å². The van der Waals surface area contributed by atoms with Gasteiger partial charge in [0.1, 0.15) is 12.1 Å². The maximum Gasteiger partial charge on any atom is 0.328 e. The molecular weight excluding hydrogens is 404 g/mol. The van der Waals surface area contributed by atoms with Gasteiger partial charge in [0, 0.05) is 34.9 Å². The van der Waals surface area contributed by atoms with Crippen LogP contribution >= 0.6 is 0 Å². The van der Waals surface area contributed by atoms with Crippen molar-refractivity contribution in [1.82, 2.24) is 4.98 Å². The Kier molecular flexibility index (Phi) is 6.23. The van der Waals surface area contributed by atoms with E-state index >= 15 is 0 Å². The van der Waals surface area contributed by atoms with Crippen LogP contribution in [0.5, 0.6) is 11.6 Å². The fourth-order valence-corrected chi connectivity index (χ4v) is 3.15. The lowest BCUT2D eigenvalue weighted by Crippen LogP contribution is -2.36. The first kappa shape index (κ1) is 21.8. The van der Waals surface area contributed by atoms with Crippen LogP contribution in [0.25, 0.3) is 10.9 Å². The average molecular weight is 426 g/mol. The van der Waals surface area contributed by atoms with Gasteiger partial charge in [0.2, 0.25) is 0 Å². The van der Waals surface area contributed by atoms with Crippen molar-refractivity contribution in [3.8, 4) is 11.6 Å². The first-order valence-electron chi connectivity index (χ1n) is 9.35. The second-order valence-electron chi connectivity index (χ2n) is 7.02. The number of aliphatic carboxylic acids is 1. The molecule has 0 amide bonds. The number of ketones is 1. The summed E-state index contributed by atoms with van der Waals surface area (Å²) in [5, 5.41) is 19.7. The third kappa shape index (κ3) is 4.65. The molecule has 10 heteroatoms. The van der Waals surface area contributed by atoms with Gasteiger partial charge in [0.05, 0.1) is 5.69 Å². The highest BCUT2D eigenvalue weighted by Crippen LogP contribution is 2.29. The van der Waals surface area contributed by atoms with Crippen LogP contribution in [0.15, 0.2) is 42.5 Å². The minimum absolute atomic E-state index is 0.000666. The molecular formula is C21H22N4O6. The number of nitrogens with one attached hydrogen (secondary N) is 1. The second kappa shape index (κ2) is 8.86. The van der Waals surface area contributed by atoms with E-state index in [1.54, 1.807) is 24.3 Å². The molecule has 0 saturated heterocycles. The number of carboxylic acid groups (broad SMARTS) is 1. The lowest BCUT2D eigenvalue weighted by Gasteiger charge is -2.14. The number of carbonyl (C=O) groups excluding carboxylic acids is 2. The van der Waals surface area contributed by atoms with Gasteiger partial charge in [-0.3, -0.25) is 9.59 Å². The number of fused-ring (bicyclic) bond motifs is 1. The standard InChI is InChI=1S/C21H22N4O6/c22-13(20(28)29)9-16(26)11-5-3-7-17(18(11)24)31-21(30)14(23)8-12-10-4-1-2-6-15(10)25-19(12)27/h1-7,13-14,25,27H,8-9,22-24H2,(H,28,29)/t13-,14-/m0/s1. The molecule has 3 rings (SSSR count). The van der Waals surface area contributed by atoms with Crippen molar-refractivity contribution in [2.45, 2.75) is 24.9 Å². The fourth-order valence-electron chi connectivity index (χ4n) is 3.15. The normalized spacial score (nSPS) is 13.0. The van der Waals surface area contributed by atoms with E-state index in [1.165, 1.54) is 18.2 Å². The zero-order valence-corrected chi connectivity index (χ0v) is 16.4. The minimum Gasteiger partial charge on any atom is -0.494 e. The number of nitrogen functional groups attached to an aromatic ring is 1. The van der Waals surface area contributed by atoms with E-state index in [0.717, 1.165) is 5.39 Å². The van der Waals surface area contributed by atoms with E-state index < -0.39 is 36.2 Å². The summed E-state index contributed by atoms with van der Waals surface area (Å²) in [6.07, 6.45) is -0.461. The smallest absolute Gasteiger partial charge is 0.328 e. The molecule has 162 valence electrons. The van der Waals surface area contributed by atoms with E-state index in [0.29, 0.717) is 11.1 Å². The fraction of sp³-hybridized carbons (Fsp3) is 0.190. The van der Waals surface area contributed by atoms with Gasteiger partial charge in [0.15, 0.2) is 17.4 Å². The Morgan fingerprint density at radius 3 is 2.45 bits per heavy atom. The second-order valence-corrected chi connectivity index (χ2v) is 7.02. The Morgan fingerprint density at radius 2 is 1.74 bits per heavy atom. The van der Waals surface area contributed by atoms with Crippen LogP contribution in [0.2, 0.25) is 0 Å². The molecule has 0 bridgehead atoms. The average Bonchev–Trinajstić information content (AvgIpc) is 3.04. The van der Waals surface area contributed by atoms with E-state index in [9.17, 15) is 19.5 Å². The van der Waals surface area contributed by atoms with Crippen LogP contribution in [0.4, 0.5) is 5.69 Å².